The smallest absolute Gasteiger partial charge is 0.197 e. The molecule has 2 aromatic heterocycles. The molecule has 2 aromatic rings. The number of rotatable bonds is 3. The molecule has 0 unspecified atom stereocenters. The Hall–Kier alpha value is -1.65. The highest BCUT2D eigenvalue weighted by atomic mass is 16.4. The number of nitrogens with zero attached hydrogens (tertiary/aromatic N) is 4. The Morgan fingerprint density at radius 1 is 1.28 bits per heavy atom. The van der Waals surface area contributed by atoms with Gasteiger partial charge in [-0.2, -0.15) is 0 Å². The van der Waals surface area contributed by atoms with Crippen LogP contribution in [0, 0.1) is 0 Å². The summed E-state index contributed by atoms with van der Waals surface area (Å²) in [5.41, 5.74) is 2.45. The Kier molecular flexibility index (Phi) is 2.25. The molecule has 18 heavy (non-hydrogen) atoms. The van der Waals surface area contributed by atoms with E-state index in [1.54, 1.807) is 0 Å². The van der Waals surface area contributed by atoms with Crippen LogP contribution in [-0.2, 0) is 19.4 Å². The number of hydrogen-bond acceptors (Lipinski definition) is 4. The van der Waals surface area contributed by atoms with Gasteiger partial charge in [-0.05, 0) is 38.5 Å². The monoisotopic (exact) mass is 244 g/mol. The van der Waals surface area contributed by atoms with Gasteiger partial charge in [-0.3, -0.25) is 0 Å². The quantitative estimate of drug-likeness (QED) is 0.829. The maximum absolute atomic E-state index is 5.77. The summed E-state index contributed by atoms with van der Waals surface area (Å²) in [6.07, 6.45) is 8.91. The van der Waals surface area contributed by atoms with E-state index in [9.17, 15) is 0 Å². The number of aromatic nitrogens is 4. The Morgan fingerprint density at radius 3 is 3.06 bits per heavy atom. The SMILES string of the molecule is c1nc(C2CC2)oc1Cn1nnc2c1CCCC2. The van der Waals surface area contributed by atoms with E-state index in [-0.39, 0.29) is 0 Å². The van der Waals surface area contributed by atoms with Crippen molar-refractivity contribution < 1.29 is 4.42 Å². The van der Waals surface area contributed by atoms with Crippen molar-refractivity contribution in [3.63, 3.8) is 0 Å². The van der Waals surface area contributed by atoms with E-state index in [1.165, 1.54) is 37.1 Å². The van der Waals surface area contributed by atoms with Crippen LogP contribution in [0.1, 0.15) is 54.6 Å². The van der Waals surface area contributed by atoms with Crippen LogP contribution in [0.25, 0.3) is 0 Å². The second-order valence-corrected chi connectivity index (χ2v) is 5.29. The lowest BCUT2D eigenvalue weighted by atomic mass is 10.0. The Bertz CT molecular complexity index is 567. The third kappa shape index (κ3) is 1.74. The highest BCUT2D eigenvalue weighted by molar-refractivity contribution is 5.14. The summed E-state index contributed by atoms with van der Waals surface area (Å²) in [5.74, 6) is 2.37. The molecule has 1 fully saturated rings. The fraction of sp³-hybridized carbons (Fsp3) is 0.615. The number of oxazole rings is 1. The number of aryl methyl sites for hydroxylation is 1. The van der Waals surface area contributed by atoms with Crippen molar-refractivity contribution >= 4 is 0 Å². The van der Waals surface area contributed by atoms with Gasteiger partial charge < -0.3 is 4.42 Å². The van der Waals surface area contributed by atoms with E-state index in [4.69, 9.17) is 4.42 Å². The topological polar surface area (TPSA) is 56.7 Å². The van der Waals surface area contributed by atoms with Gasteiger partial charge >= 0.3 is 0 Å². The molecule has 0 aromatic carbocycles. The average molecular weight is 244 g/mol. The minimum Gasteiger partial charge on any atom is -0.443 e. The van der Waals surface area contributed by atoms with Crippen LogP contribution in [0.5, 0.6) is 0 Å². The van der Waals surface area contributed by atoms with Crippen molar-refractivity contribution in [3.8, 4) is 0 Å². The molecular weight excluding hydrogens is 228 g/mol. The molecular formula is C13H16N4O. The Balaban J connectivity index is 1.57. The van der Waals surface area contributed by atoms with Crippen LogP contribution >= 0.6 is 0 Å². The summed E-state index contributed by atoms with van der Waals surface area (Å²) >= 11 is 0. The van der Waals surface area contributed by atoms with Crippen LogP contribution in [0.3, 0.4) is 0 Å². The average Bonchev–Trinajstić information content (AvgIpc) is 3.02. The van der Waals surface area contributed by atoms with Crippen molar-refractivity contribution in [2.75, 3.05) is 0 Å². The molecule has 2 aliphatic carbocycles. The molecule has 0 bridgehead atoms. The van der Waals surface area contributed by atoms with Crippen LogP contribution in [0.2, 0.25) is 0 Å². The summed E-state index contributed by atoms with van der Waals surface area (Å²) in [6.45, 7) is 0.669. The fourth-order valence-corrected chi connectivity index (χ4v) is 2.61. The number of hydrogen-bond donors (Lipinski definition) is 0. The molecule has 5 heteroatoms. The van der Waals surface area contributed by atoms with Gasteiger partial charge in [0.15, 0.2) is 5.89 Å². The van der Waals surface area contributed by atoms with Gasteiger partial charge in [-0.15, -0.1) is 5.10 Å². The van der Waals surface area contributed by atoms with Crippen LogP contribution in [-0.4, -0.2) is 20.0 Å². The second-order valence-electron chi connectivity index (χ2n) is 5.29. The molecule has 2 aliphatic rings. The maximum Gasteiger partial charge on any atom is 0.197 e. The highest BCUT2D eigenvalue weighted by Gasteiger charge is 2.28. The lowest BCUT2D eigenvalue weighted by molar-refractivity contribution is 0.430. The van der Waals surface area contributed by atoms with Crippen molar-refractivity contribution in [3.05, 3.63) is 29.2 Å². The molecule has 2 heterocycles. The third-order valence-corrected chi connectivity index (χ3v) is 3.80. The Morgan fingerprint density at radius 2 is 2.17 bits per heavy atom. The predicted molar refractivity (Wildman–Crippen MR) is 64.2 cm³/mol. The zero-order valence-corrected chi connectivity index (χ0v) is 10.3. The zero-order chi connectivity index (χ0) is 11.9. The molecule has 94 valence electrons. The molecule has 0 saturated heterocycles. The molecule has 0 atom stereocenters. The summed E-state index contributed by atoms with van der Waals surface area (Å²) in [6, 6.07) is 0. The number of fused-ring (bicyclic) bond motifs is 1. The minimum absolute atomic E-state index is 0.573. The molecule has 0 spiro atoms. The molecule has 0 radical (unpaired) electrons. The summed E-state index contributed by atoms with van der Waals surface area (Å²) in [5, 5.41) is 8.50. The first-order valence-electron chi connectivity index (χ1n) is 6.76. The summed E-state index contributed by atoms with van der Waals surface area (Å²) < 4.78 is 7.75. The van der Waals surface area contributed by atoms with Crippen LogP contribution in [0.4, 0.5) is 0 Å². The van der Waals surface area contributed by atoms with E-state index < -0.39 is 0 Å². The fourth-order valence-electron chi connectivity index (χ4n) is 2.61. The maximum atomic E-state index is 5.77. The van der Waals surface area contributed by atoms with Gasteiger partial charge in [0.25, 0.3) is 0 Å². The van der Waals surface area contributed by atoms with Crippen molar-refractivity contribution in [1.29, 1.82) is 0 Å². The van der Waals surface area contributed by atoms with Gasteiger partial charge in [0.1, 0.15) is 12.3 Å². The van der Waals surface area contributed by atoms with Crippen molar-refractivity contribution in [2.24, 2.45) is 0 Å². The first-order valence-corrected chi connectivity index (χ1v) is 6.76. The Labute approximate surface area is 105 Å². The standard InChI is InChI=1S/C13H16N4O/c1-2-4-12-11(3-1)15-16-17(12)8-10-7-14-13(18-10)9-5-6-9/h7,9H,1-6,8H2. The normalized spacial score (nSPS) is 18.9. The van der Waals surface area contributed by atoms with E-state index in [0.717, 1.165) is 24.5 Å². The lowest BCUT2D eigenvalue weighted by Crippen LogP contribution is -2.10. The second kappa shape index (κ2) is 3.93. The van der Waals surface area contributed by atoms with Gasteiger partial charge in [-0.25, -0.2) is 9.67 Å². The molecule has 0 N–H and O–H groups in total. The highest BCUT2D eigenvalue weighted by Crippen LogP contribution is 2.39. The zero-order valence-electron chi connectivity index (χ0n) is 10.3. The van der Waals surface area contributed by atoms with Crippen LogP contribution < -0.4 is 0 Å². The van der Waals surface area contributed by atoms with E-state index in [1.807, 2.05) is 10.9 Å². The summed E-state index contributed by atoms with van der Waals surface area (Å²) in [4.78, 5) is 4.34. The summed E-state index contributed by atoms with van der Waals surface area (Å²) in [7, 11) is 0. The first kappa shape index (κ1) is 10.3. The van der Waals surface area contributed by atoms with Crippen LogP contribution in [0.15, 0.2) is 10.6 Å². The van der Waals surface area contributed by atoms with Gasteiger partial charge in [-0.1, -0.05) is 5.21 Å². The molecule has 5 nitrogen and oxygen atoms in total. The predicted octanol–water partition coefficient (Wildman–Crippen LogP) is 2.07. The molecule has 1 saturated carbocycles. The first-order chi connectivity index (χ1) is 8.90. The molecule has 4 rings (SSSR count). The van der Waals surface area contributed by atoms with Crippen molar-refractivity contribution in [2.45, 2.75) is 51.0 Å². The van der Waals surface area contributed by atoms with E-state index in [2.05, 4.69) is 15.3 Å². The molecule has 0 aliphatic heterocycles. The largest absolute Gasteiger partial charge is 0.443 e. The molecule has 0 amide bonds. The minimum atomic E-state index is 0.573. The van der Waals surface area contributed by atoms with E-state index >= 15 is 0 Å². The van der Waals surface area contributed by atoms with Gasteiger partial charge in [0, 0.05) is 5.92 Å². The van der Waals surface area contributed by atoms with Gasteiger partial charge in [0.05, 0.1) is 17.6 Å². The third-order valence-electron chi connectivity index (χ3n) is 3.80. The van der Waals surface area contributed by atoms with Crippen molar-refractivity contribution in [1.82, 2.24) is 20.0 Å². The van der Waals surface area contributed by atoms with Gasteiger partial charge in [0.2, 0.25) is 0 Å². The lowest BCUT2D eigenvalue weighted by Gasteiger charge is -2.10. The van der Waals surface area contributed by atoms with E-state index in [0.29, 0.717) is 12.5 Å².